The average Bonchev–Trinajstić information content (AvgIpc) is 2.75. The summed E-state index contributed by atoms with van der Waals surface area (Å²) in [7, 11) is 0. The van der Waals surface area contributed by atoms with E-state index < -0.39 is 0 Å². The molecule has 3 heteroatoms. The number of benzene rings is 2. The van der Waals surface area contributed by atoms with Crippen LogP contribution >= 0.6 is 0 Å². The van der Waals surface area contributed by atoms with Crippen LogP contribution in [-0.4, -0.2) is 28.8 Å². The molecule has 3 aromatic rings. The minimum Gasteiger partial charge on any atom is -0.298 e. The van der Waals surface area contributed by atoms with Gasteiger partial charge >= 0.3 is 0 Å². The van der Waals surface area contributed by atoms with Gasteiger partial charge in [-0.05, 0) is 42.1 Å². The second kappa shape index (κ2) is 8.28. The van der Waals surface area contributed by atoms with E-state index in [-0.39, 0.29) is 11.7 Å². The Morgan fingerprint density at radius 1 is 0.963 bits per heavy atom. The molecule has 2 heterocycles. The predicted octanol–water partition coefficient (Wildman–Crippen LogP) is 4.84. The van der Waals surface area contributed by atoms with Gasteiger partial charge < -0.3 is 0 Å². The van der Waals surface area contributed by atoms with Gasteiger partial charge in [-0.2, -0.15) is 0 Å². The van der Waals surface area contributed by atoms with Crippen molar-refractivity contribution in [3.8, 4) is 11.1 Å². The van der Waals surface area contributed by atoms with Gasteiger partial charge in [-0.25, -0.2) is 0 Å². The lowest BCUT2D eigenvalue weighted by molar-refractivity contribution is 0.0811. The third-order valence-electron chi connectivity index (χ3n) is 5.28. The van der Waals surface area contributed by atoms with E-state index in [0.29, 0.717) is 0 Å². The van der Waals surface area contributed by atoms with Crippen LogP contribution in [0.2, 0.25) is 0 Å². The van der Waals surface area contributed by atoms with Gasteiger partial charge in [0.05, 0.1) is 0 Å². The Morgan fingerprint density at radius 2 is 1.74 bits per heavy atom. The maximum atomic E-state index is 13.0. The second-order valence-electron chi connectivity index (χ2n) is 7.24. The minimum absolute atomic E-state index is 0.0815. The third-order valence-corrected chi connectivity index (χ3v) is 5.28. The molecule has 0 N–H and O–H groups in total. The van der Waals surface area contributed by atoms with Gasteiger partial charge in [-0.3, -0.25) is 14.7 Å². The van der Waals surface area contributed by atoms with Gasteiger partial charge in [-0.15, -0.1) is 0 Å². The van der Waals surface area contributed by atoms with Crippen molar-refractivity contribution in [1.29, 1.82) is 0 Å². The number of nitrogens with zero attached hydrogens (tertiary/aromatic N) is 2. The Hall–Kier alpha value is -2.78. The summed E-state index contributed by atoms with van der Waals surface area (Å²) in [5.74, 6) is 0.350. The summed E-state index contributed by atoms with van der Waals surface area (Å²) >= 11 is 0. The maximum absolute atomic E-state index is 13.0. The molecule has 1 saturated heterocycles. The molecule has 2 aromatic carbocycles. The van der Waals surface area contributed by atoms with Crippen molar-refractivity contribution < 1.29 is 4.79 Å². The molecule has 0 amide bonds. The van der Waals surface area contributed by atoms with Crippen LogP contribution in [0.25, 0.3) is 11.1 Å². The summed E-state index contributed by atoms with van der Waals surface area (Å²) in [5.41, 5.74) is 4.35. The molecular formula is C24H24N2O. The molecule has 136 valence electrons. The second-order valence-corrected chi connectivity index (χ2v) is 7.24. The number of pyridine rings is 1. The Kier molecular flexibility index (Phi) is 5.40. The first-order valence-electron chi connectivity index (χ1n) is 9.60. The van der Waals surface area contributed by atoms with Crippen LogP contribution in [0.1, 0.15) is 28.8 Å². The number of carbonyl (C=O) groups is 1. The van der Waals surface area contributed by atoms with Crippen molar-refractivity contribution in [3.05, 3.63) is 90.3 Å². The highest BCUT2D eigenvalue weighted by Gasteiger charge is 2.26. The Morgan fingerprint density at radius 3 is 2.48 bits per heavy atom. The minimum atomic E-state index is 0.0815. The molecular weight excluding hydrogens is 332 g/mol. The van der Waals surface area contributed by atoms with E-state index in [1.54, 1.807) is 6.20 Å². The number of rotatable bonds is 5. The number of hydrogen-bond donors (Lipinski definition) is 0. The quantitative estimate of drug-likeness (QED) is 0.613. The van der Waals surface area contributed by atoms with Crippen molar-refractivity contribution in [2.75, 3.05) is 13.1 Å². The van der Waals surface area contributed by atoms with Gasteiger partial charge in [0.15, 0.2) is 5.78 Å². The standard InChI is InChI=1S/C24H24N2O/c27-24(22-12-10-21(11-13-22)20-7-2-1-3-8-20)23-9-5-15-26(18-23)17-19-6-4-14-25-16-19/h1-4,6-8,10-14,16,23H,5,9,15,17-18H2/t23-/m1/s1. The summed E-state index contributed by atoms with van der Waals surface area (Å²) in [4.78, 5) is 19.6. The number of hydrogen-bond acceptors (Lipinski definition) is 3. The van der Waals surface area contributed by atoms with E-state index in [0.717, 1.165) is 43.6 Å². The van der Waals surface area contributed by atoms with Crippen molar-refractivity contribution in [2.45, 2.75) is 19.4 Å². The zero-order valence-electron chi connectivity index (χ0n) is 15.4. The van der Waals surface area contributed by atoms with E-state index in [1.165, 1.54) is 11.1 Å². The van der Waals surface area contributed by atoms with Gasteiger partial charge in [-0.1, -0.05) is 60.7 Å². The summed E-state index contributed by atoms with van der Waals surface area (Å²) in [6, 6.07) is 22.4. The van der Waals surface area contributed by atoms with E-state index >= 15 is 0 Å². The molecule has 0 spiro atoms. The van der Waals surface area contributed by atoms with Crippen molar-refractivity contribution in [3.63, 3.8) is 0 Å². The molecule has 1 fully saturated rings. The summed E-state index contributed by atoms with van der Waals surface area (Å²) in [6.45, 7) is 2.74. The lowest BCUT2D eigenvalue weighted by Crippen LogP contribution is -2.38. The highest BCUT2D eigenvalue weighted by atomic mass is 16.1. The average molecular weight is 356 g/mol. The molecule has 1 aromatic heterocycles. The fourth-order valence-electron chi connectivity index (χ4n) is 3.86. The Bertz CT molecular complexity index is 875. The number of Topliss-reactive ketones (excluding diaryl/α,β-unsaturated/α-hetero) is 1. The fourth-order valence-corrected chi connectivity index (χ4v) is 3.86. The van der Waals surface area contributed by atoms with E-state index in [1.807, 2.05) is 42.6 Å². The molecule has 4 rings (SSSR count). The van der Waals surface area contributed by atoms with Gasteiger partial charge in [0.2, 0.25) is 0 Å². The van der Waals surface area contributed by atoms with E-state index in [2.05, 4.69) is 40.2 Å². The number of carbonyl (C=O) groups excluding carboxylic acids is 1. The molecule has 1 aliphatic rings. The molecule has 1 aliphatic heterocycles. The van der Waals surface area contributed by atoms with E-state index in [9.17, 15) is 4.79 Å². The number of aromatic nitrogens is 1. The monoisotopic (exact) mass is 356 g/mol. The molecule has 0 unspecified atom stereocenters. The Balaban J connectivity index is 1.42. The lowest BCUT2D eigenvalue weighted by atomic mass is 9.89. The number of ketones is 1. The maximum Gasteiger partial charge on any atom is 0.167 e. The topological polar surface area (TPSA) is 33.2 Å². The molecule has 1 atom stereocenters. The van der Waals surface area contributed by atoms with Crippen molar-refractivity contribution >= 4 is 5.78 Å². The van der Waals surface area contributed by atoms with Gasteiger partial charge in [0.1, 0.15) is 0 Å². The molecule has 27 heavy (non-hydrogen) atoms. The zero-order chi connectivity index (χ0) is 18.5. The molecule has 0 bridgehead atoms. The fraction of sp³-hybridized carbons (Fsp3) is 0.250. The Labute approximate surface area is 160 Å². The molecule has 0 aliphatic carbocycles. The van der Waals surface area contributed by atoms with Crippen LogP contribution in [-0.2, 0) is 6.54 Å². The first-order valence-corrected chi connectivity index (χ1v) is 9.60. The SMILES string of the molecule is O=C(c1ccc(-c2ccccc2)cc1)[C@@H]1CCCN(Cc2cccnc2)C1. The van der Waals surface area contributed by atoms with Crippen LogP contribution < -0.4 is 0 Å². The number of piperidine rings is 1. The van der Waals surface area contributed by atoms with Crippen molar-refractivity contribution in [2.24, 2.45) is 5.92 Å². The molecule has 0 radical (unpaired) electrons. The highest BCUT2D eigenvalue weighted by Crippen LogP contribution is 2.24. The molecule has 3 nitrogen and oxygen atoms in total. The third kappa shape index (κ3) is 4.32. The molecule has 0 saturated carbocycles. The first kappa shape index (κ1) is 17.6. The normalized spacial score (nSPS) is 17.6. The summed E-state index contributed by atoms with van der Waals surface area (Å²) < 4.78 is 0. The largest absolute Gasteiger partial charge is 0.298 e. The predicted molar refractivity (Wildman–Crippen MR) is 108 cm³/mol. The summed E-state index contributed by atoms with van der Waals surface area (Å²) in [5, 5.41) is 0. The van der Waals surface area contributed by atoms with E-state index in [4.69, 9.17) is 0 Å². The van der Waals surface area contributed by atoms with Crippen LogP contribution in [0.15, 0.2) is 79.1 Å². The van der Waals surface area contributed by atoms with Crippen LogP contribution in [0.3, 0.4) is 0 Å². The summed E-state index contributed by atoms with van der Waals surface area (Å²) in [6.07, 6.45) is 5.75. The van der Waals surface area contributed by atoms with Crippen LogP contribution in [0.4, 0.5) is 0 Å². The highest BCUT2D eigenvalue weighted by molar-refractivity contribution is 5.98. The van der Waals surface area contributed by atoms with Crippen molar-refractivity contribution in [1.82, 2.24) is 9.88 Å². The van der Waals surface area contributed by atoms with Gasteiger partial charge in [0.25, 0.3) is 0 Å². The van der Waals surface area contributed by atoms with Gasteiger partial charge in [0, 0.05) is 37.0 Å². The smallest absolute Gasteiger partial charge is 0.167 e. The number of likely N-dealkylation sites (tertiary alicyclic amines) is 1. The van der Waals surface area contributed by atoms with Crippen LogP contribution in [0, 0.1) is 5.92 Å². The van der Waals surface area contributed by atoms with Crippen LogP contribution in [0.5, 0.6) is 0 Å². The first-order chi connectivity index (χ1) is 13.3. The zero-order valence-corrected chi connectivity index (χ0v) is 15.4. The lowest BCUT2D eigenvalue weighted by Gasteiger charge is -2.32.